The lowest BCUT2D eigenvalue weighted by molar-refractivity contribution is -0.142. The molecule has 3 amide bonds. The van der Waals surface area contributed by atoms with Crippen LogP contribution < -0.4 is 27.4 Å². The van der Waals surface area contributed by atoms with Crippen LogP contribution in [0.1, 0.15) is 52.0 Å². The van der Waals surface area contributed by atoms with Gasteiger partial charge in [0.15, 0.2) is 0 Å². The van der Waals surface area contributed by atoms with Crippen LogP contribution in [0.4, 0.5) is 0 Å². The minimum Gasteiger partial charge on any atom is -0.480 e. The highest BCUT2D eigenvalue weighted by Crippen LogP contribution is 2.08. The molecule has 0 bridgehead atoms. The second kappa shape index (κ2) is 15.0. The fourth-order valence-corrected chi connectivity index (χ4v) is 3.27. The van der Waals surface area contributed by atoms with Crippen molar-refractivity contribution in [1.29, 1.82) is 0 Å². The number of carbonyl (C=O) groups is 4. The summed E-state index contributed by atoms with van der Waals surface area (Å²) in [4.78, 5) is 49.7. The van der Waals surface area contributed by atoms with E-state index in [1.165, 1.54) is 6.92 Å². The second-order valence-corrected chi connectivity index (χ2v) is 8.58. The Morgan fingerprint density at radius 2 is 1.53 bits per heavy atom. The van der Waals surface area contributed by atoms with Gasteiger partial charge in [0.2, 0.25) is 17.7 Å². The summed E-state index contributed by atoms with van der Waals surface area (Å²) in [5, 5.41) is 17.3. The van der Waals surface area contributed by atoms with Gasteiger partial charge in [-0.3, -0.25) is 14.4 Å². The predicted molar refractivity (Wildman–Crippen MR) is 130 cm³/mol. The quantitative estimate of drug-likeness (QED) is 0.197. The first-order chi connectivity index (χ1) is 16.1. The van der Waals surface area contributed by atoms with Gasteiger partial charge in [0, 0.05) is 6.42 Å². The second-order valence-electron chi connectivity index (χ2n) is 8.58. The Morgan fingerprint density at radius 1 is 0.912 bits per heavy atom. The Balaban J connectivity index is 2.84. The van der Waals surface area contributed by atoms with Crippen molar-refractivity contribution in [2.75, 3.05) is 6.54 Å². The van der Waals surface area contributed by atoms with Gasteiger partial charge in [0.1, 0.15) is 18.1 Å². The number of benzene rings is 1. The number of hydrogen-bond donors (Lipinski definition) is 6. The third-order valence-electron chi connectivity index (χ3n) is 5.79. The van der Waals surface area contributed by atoms with Gasteiger partial charge < -0.3 is 32.5 Å². The van der Waals surface area contributed by atoms with E-state index in [0.717, 1.165) is 5.56 Å². The van der Waals surface area contributed by atoms with Crippen LogP contribution in [0.25, 0.3) is 0 Å². The largest absolute Gasteiger partial charge is 0.480 e. The standard InChI is InChI=1S/C24H39N5O5/c1-4-15(2)20(26)23(32)27-16(3)21(30)28-18(12-8-9-13-25)22(31)29-19(24(33)34)14-17-10-6-5-7-11-17/h5-7,10-11,15-16,18-20H,4,8-9,12-14,25-26H2,1-3H3,(H,27,32)(H,28,30)(H,29,31)(H,33,34). The molecule has 190 valence electrons. The molecular formula is C24H39N5O5. The summed E-state index contributed by atoms with van der Waals surface area (Å²) in [5.74, 6) is -2.85. The highest BCUT2D eigenvalue weighted by Gasteiger charge is 2.29. The molecule has 0 heterocycles. The normalized spacial score (nSPS) is 15.3. The van der Waals surface area contributed by atoms with Crippen molar-refractivity contribution >= 4 is 23.7 Å². The molecule has 0 aromatic heterocycles. The van der Waals surface area contributed by atoms with Crippen LogP contribution in [0.2, 0.25) is 0 Å². The van der Waals surface area contributed by atoms with Crippen molar-refractivity contribution in [1.82, 2.24) is 16.0 Å². The summed E-state index contributed by atoms with van der Waals surface area (Å²) in [6, 6.07) is 5.13. The number of nitrogens with one attached hydrogen (secondary N) is 3. The Morgan fingerprint density at radius 3 is 2.09 bits per heavy atom. The third-order valence-corrected chi connectivity index (χ3v) is 5.79. The predicted octanol–water partition coefficient (Wildman–Crippen LogP) is 0.290. The zero-order valence-corrected chi connectivity index (χ0v) is 20.3. The highest BCUT2D eigenvalue weighted by atomic mass is 16.4. The van der Waals surface area contributed by atoms with Gasteiger partial charge >= 0.3 is 5.97 Å². The maximum absolute atomic E-state index is 12.9. The van der Waals surface area contributed by atoms with Crippen LogP contribution in [0, 0.1) is 5.92 Å². The summed E-state index contributed by atoms with van der Waals surface area (Å²) in [6.45, 7) is 5.69. The first-order valence-electron chi connectivity index (χ1n) is 11.7. The molecule has 0 aliphatic rings. The number of unbranched alkanes of at least 4 members (excludes halogenated alkanes) is 1. The summed E-state index contributed by atoms with van der Waals surface area (Å²) >= 11 is 0. The number of amides is 3. The maximum Gasteiger partial charge on any atom is 0.326 e. The maximum atomic E-state index is 12.9. The van der Waals surface area contributed by atoms with Crippen molar-refractivity contribution in [3.8, 4) is 0 Å². The number of nitrogens with two attached hydrogens (primary N) is 2. The molecule has 8 N–H and O–H groups in total. The molecule has 5 unspecified atom stereocenters. The van der Waals surface area contributed by atoms with Crippen molar-refractivity contribution in [2.24, 2.45) is 17.4 Å². The Hall–Kier alpha value is -2.98. The molecule has 1 rings (SSSR count). The van der Waals surface area contributed by atoms with Gasteiger partial charge in [-0.25, -0.2) is 4.79 Å². The number of carboxylic acid groups (broad SMARTS) is 1. The van der Waals surface area contributed by atoms with E-state index in [4.69, 9.17) is 11.5 Å². The number of rotatable bonds is 15. The van der Waals surface area contributed by atoms with Gasteiger partial charge in [-0.15, -0.1) is 0 Å². The van der Waals surface area contributed by atoms with Crippen LogP contribution >= 0.6 is 0 Å². The van der Waals surface area contributed by atoms with E-state index in [2.05, 4.69) is 16.0 Å². The lowest BCUT2D eigenvalue weighted by Gasteiger charge is -2.24. The molecule has 0 spiro atoms. The van der Waals surface area contributed by atoms with E-state index in [9.17, 15) is 24.3 Å². The van der Waals surface area contributed by atoms with E-state index in [1.807, 2.05) is 19.9 Å². The minimum atomic E-state index is -1.18. The summed E-state index contributed by atoms with van der Waals surface area (Å²) in [7, 11) is 0. The van der Waals surface area contributed by atoms with Crippen LogP contribution in [0.3, 0.4) is 0 Å². The smallest absolute Gasteiger partial charge is 0.326 e. The van der Waals surface area contributed by atoms with E-state index in [1.54, 1.807) is 24.3 Å². The molecule has 1 aromatic rings. The monoisotopic (exact) mass is 477 g/mol. The number of carbonyl (C=O) groups excluding carboxylic acids is 3. The summed E-state index contributed by atoms with van der Waals surface area (Å²) < 4.78 is 0. The Kier molecular flexibility index (Phi) is 12.8. The molecule has 10 nitrogen and oxygen atoms in total. The van der Waals surface area contributed by atoms with Crippen LogP contribution in [0.5, 0.6) is 0 Å². The molecule has 10 heteroatoms. The first-order valence-corrected chi connectivity index (χ1v) is 11.7. The highest BCUT2D eigenvalue weighted by molar-refractivity contribution is 5.94. The number of carboxylic acids is 1. The fourth-order valence-electron chi connectivity index (χ4n) is 3.27. The molecule has 34 heavy (non-hydrogen) atoms. The Bertz CT molecular complexity index is 804. The SMILES string of the molecule is CCC(C)C(N)C(=O)NC(C)C(=O)NC(CCCCN)C(=O)NC(Cc1ccccc1)C(=O)O. The number of aliphatic carboxylic acids is 1. The summed E-state index contributed by atoms with van der Waals surface area (Å²) in [5.41, 5.74) is 12.2. The van der Waals surface area contributed by atoms with Gasteiger partial charge in [-0.1, -0.05) is 50.6 Å². The van der Waals surface area contributed by atoms with Crippen LogP contribution in [-0.2, 0) is 25.6 Å². The molecule has 1 aromatic carbocycles. The van der Waals surface area contributed by atoms with Gasteiger partial charge in [-0.2, -0.15) is 0 Å². The fraction of sp³-hybridized carbons (Fsp3) is 0.583. The topological polar surface area (TPSA) is 177 Å². The summed E-state index contributed by atoms with van der Waals surface area (Å²) in [6.07, 6.45) is 2.30. The van der Waals surface area contributed by atoms with E-state index < -0.39 is 47.9 Å². The minimum absolute atomic E-state index is 0.0531. The van der Waals surface area contributed by atoms with Crippen LogP contribution in [-0.4, -0.2) is 59.5 Å². The molecular weight excluding hydrogens is 438 g/mol. The van der Waals surface area contributed by atoms with Crippen molar-refractivity contribution < 1.29 is 24.3 Å². The van der Waals surface area contributed by atoms with Crippen molar-refractivity contribution in [3.05, 3.63) is 35.9 Å². The van der Waals surface area contributed by atoms with E-state index in [0.29, 0.717) is 25.8 Å². The molecule has 0 fully saturated rings. The zero-order chi connectivity index (χ0) is 25.7. The molecule has 0 saturated heterocycles. The van der Waals surface area contributed by atoms with E-state index in [-0.39, 0.29) is 18.8 Å². The van der Waals surface area contributed by atoms with Crippen molar-refractivity contribution in [3.63, 3.8) is 0 Å². The van der Waals surface area contributed by atoms with Gasteiger partial charge in [0.25, 0.3) is 0 Å². The van der Waals surface area contributed by atoms with E-state index >= 15 is 0 Å². The molecule has 0 aliphatic heterocycles. The van der Waals surface area contributed by atoms with Crippen molar-refractivity contribution in [2.45, 2.75) is 77.0 Å². The average molecular weight is 478 g/mol. The Labute approximate surface area is 201 Å². The van der Waals surface area contributed by atoms with Crippen LogP contribution in [0.15, 0.2) is 30.3 Å². The molecule has 5 atom stereocenters. The van der Waals surface area contributed by atoms with Gasteiger partial charge in [0.05, 0.1) is 6.04 Å². The lowest BCUT2D eigenvalue weighted by Crippen LogP contribution is -2.57. The zero-order valence-electron chi connectivity index (χ0n) is 20.3. The number of hydrogen-bond acceptors (Lipinski definition) is 6. The molecule has 0 aliphatic carbocycles. The first kappa shape index (κ1) is 29.1. The third kappa shape index (κ3) is 9.88. The van der Waals surface area contributed by atoms with Gasteiger partial charge in [-0.05, 0) is 44.2 Å². The average Bonchev–Trinajstić information content (AvgIpc) is 2.82. The molecule has 0 saturated carbocycles. The lowest BCUT2D eigenvalue weighted by atomic mass is 9.99. The molecule has 0 radical (unpaired) electrons.